The van der Waals surface area contributed by atoms with E-state index in [0.29, 0.717) is 30.9 Å². The van der Waals surface area contributed by atoms with Crippen molar-refractivity contribution in [1.29, 1.82) is 0 Å². The van der Waals surface area contributed by atoms with Crippen molar-refractivity contribution in [3.8, 4) is 17.5 Å². The van der Waals surface area contributed by atoms with E-state index in [1.54, 1.807) is 10.9 Å². The van der Waals surface area contributed by atoms with Gasteiger partial charge in [-0.2, -0.15) is 9.97 Å². The van der Waals surface area contributed by atoms with Crippen LogP contribution in [0.1, 0.15) is 5.82 Å². The fourth-order valence-electron chi connectivity index (χ4n) is 3.39. The number of nitrogens with zero attached hydrogens (tertiary/aromatic N) is 7. The van der Waals surface area contributed by atoms with Crippen molar-refractivity contribution in [2.45, 2.75) is 6.61 Å². The quantitative estimate of drug-likeness (QED) is 0.501. The molecule has 0 bridgehead atoms. The lowest BCUT2D eigenvalue weighted by molar-refractivity contribution is 0.122. The summed E-state index contributed by atoms with van der Waals surface area (Å²) in [4.78, 5) is 20.3. The van der Waals surface area contributed by atoms with Crippen molar-refractivity contribution in [2.75, 3.05) is 31.2 Å². The molecular weight excluding hydrogens is 382 g/mol. The van der Waals surface area contributed by atoms with Gasteiger partial charge >= 0.3 is 6.01 Å². The topological polar surface area (TPSA) is 91.1 Å². The molecule has 0 aliphatic carbocycles. The Balaban J connectivity index is 1.41. The number of pyridine rings is 1. The summed E-state index contributed by atoms with van der Waals surface area (Å²) >= 11 is 0. The van der Waals surface area contributed by atoms with Gasteiger partial charge in [-0.25, -0.2) is 9.67 Å². The lowest BCUT2D eigenvalue weighted by Gasteiger charge is -2.28. The van der Waals surface area contributed by atoms with Crippen LogP contribution in [-0.4, -0.2) is 56.0 Å². The highest BCUT2D eigenvalue weighted by molar-refractivity contribution is 5.89. The van der Waals surface area contributed by atoms with Crippen molar-refractivity contribution >= 4 is 16.7 Å². The Bertz CT molecular complexity index is 1160. The van der Waals surface area contributed by atoms with Crippen LogP contribution < -0.4 is 9.64 Å². The van der Waals surface area contributed by atoms with Crippen molar-refractivity contribution < 1.29 is 9.47 Å². The van der Waals surface area contributed by atoms with E-state index < -0.39 is 0 Å². The molecule has 4 heterocycles. The molecule has 0 atom stereocenters. The van der Waals surface area contributed by atoms with Gasteiger partial charge in [0.15, 0.2) is 18.3 Å². The Hall–Kier alpha value is -3.59. The van der Waals surface area contributed by atoms with Gasteiger partial charge < -0.3 is 14.4 Å². The van der Waals surface area contributed by atoms with Gasteiger partial charge in [0.1, 0.15) is 11.5 Å². The molecule has 30 heavy (non-hydrogen) atoms. The maximum absolute atomic E-state index is 5.94. The number of ether oxygens (including phenoxy) is 2. The average Bonchev–Trinajstić information content (AvgIpc) is 3.19. The zero-order valence-electron chi connectivity index (χ0n) is 16.6. The Morgan fingerprint density at radius 2 is 1.83 bits per heavy atom. The van der Waals surface area contributed by atoms with Crippen LogP contribution in [0, 0.1) is 0 Å². The molecule has 9 nitrogen and oxygen atoms in total. The van der Waals surface area contributed by atoms with Gasteiger partial charge in [-0.05, 0) is 24.3 Å². The molecule has 5 rings (SSSR count). The number of hydrogen-bond donors (Lipinski definition) is 0. The maximum Gasteiger partial charge on any atom is 0.319 e. The first-order valence-electron chi connectivity index (χ1n) is 9.81. The summed E-state index contributed by atoms with van der Waals surface area (Å²) in [6, 6.07) is 13.9. The Morgan fingerprint density at radius 3 is 2.67 bits per heavy atom. The average molecular weight is 403 g/mol. The number of morpholine rings is 1. The number of hydrogen-bond acceptors (Lipinski definition) is 8. The molecule has 0 saturated carbocycles. The predicted octanol–water partition coefficient (Wildman–Crippen LogP) is 2.24. The van der Waals surface area contributed by atoms with Crippen LogP contribution in [-0.2, 0) is 18.4 Å². The smallest absolute Gasteiger partial charge is 0.319 e. The molecule has 0 amide bonds. The number of benzene rings is 1. The van der Waals surface area contributed by atoms with Gasteiger partial charge in [-0.1, -0.05) is 18.2 Å². The first kappa shape index (κ1) is 18.4. The van der Waals surface area contributed by atoms with Crippen LogP contribution >= 0.6 is 0 Å². The molecule has 1 aliphatic rings. The summed E-state index contributed by atoms with van der Waals surface area (Å²) in [5.74, 6) is 2.09. The Morgan fingerprint density at radius 1 is 1.00 bits per heavy atom. The number of anilines is 1. The summed E-state index contributed by atoms with van der Waals surface area (Å²) in [7, 11) is 1.83. The third-order valence-corrected chi connectivity index (χ3v) is 4.95. The van der Waals surface area contributed by atoms with Gasteiger partial charge in [-0.15, -0.1) is 5.10 Å². The van der Waals surface area contributed by atoms with Crippen LogP contribution in [0.5, 0.6) is 6.01 Å². The lowest BCUT2D eigenvalue weighted by atomic mass is 10.2. The van der Waals surface area contributed by atoms with E-state index in [2.05, 4.69) is 25.0 Å². The molecule has 3 aromatic heterocycles. The lowest BCUT2D eigenvalue weighted by Crippen LogP contribution is -2.37. The summed E-state index contributed by atoms with van der Waals surface area (Å²) in [5.41, 5.74) is 1.56. The highest BCUT2D eigenvalue weighted by Gasteiger charge is 2.18. The highest BCUT2D eigenvalue weighted by Crippen LogP contribution is 2.27. The fourth-order valence-corrected chi connectivity index (χ4v) is 3.39. The number of aryl methyl sites for hydroxylation is 1. The van der Waals surface area contributed by atoms with Crippen molar-refractivity contribution in [2.24, 2.45) is 7.05 Å². The Kier molecular flexibility index (Phi) is 4.94. The largest absolute Gasteiger partial charge is 0.455 e. The zero-order valence-corrected chi connectivity index (χ0v) is 16.6. The first-order chi connectivity index (χ1) is 14.8. The van der Waals surface area contributed by atoms with Crippen molar-refractivity contribution in [3.63, 3.8) is 0 Å². The number of aromatic nitrogens is 6. The second-order valence-corrected chi connectivity index (χ2v) is 6.93. The van der Waals surface area contributed by atoms with Crippen LogP contribution in [0.25, 0.3) is 22.4 Å². The minimum absolute atomic E-state index is 0.206. The molecule has 1 saturated heterocycles. The Labute approximate surface area is 173 Å². The molecule has 9 heteroatoms. The fraction of sp³-hybridized carbons (Fsp3) is 0.286. The third-order valence-electron chi connectivity index (χ3n) is 4.95. The zero-order chi connectivity index (χ0) is 20.3. The molecule has 1 fully saturated rings. The van der Waals surface area contributed by atoms with E-state index in [4.69, 9.17) is 14.5 Å². The standard InChI is InChI=1S/C21H21N7O2/c1-27-18(24-19(26-27)17-8-4-5-9-22-17)14-30-21-23-16-7-3-2-6-15(16)20(25-21)28-10-12-29-13-11-28/h2-9H,10-14H2,1H3. The van der Waals surface area contributed by atoms with Crippen LogP contribution in [0.3, 0.4) is 0 Å². The van der Waals surface area contributed by atoms with Crippen molar-refractivity contribution in [3.05, 3.63) is 54.5 Å². The molecule has 0 spiro atoms. The molecule has 4 aromatic rings. The van der Waals surface area contributed by atoms with E-state index in [9.17, 15) is 0 Å². The van der Waals surface area contributed by atoms with Gasteiger partial charge in [0.25, 0.3) is 0 Å². The first-order valence-corrected chi connectivity index (χ1v) is 9.81. The van der Waals surface area contributed by atoms with Gasteiger partial charge in [0.2, 0.25) is 0 Å². The molecule has 0 radical (unpaired) electrons. The van der Waals surface area contributed by atoms with E-state index in [1.807, 2.05) is 49.5 Å². The number of fused-ring (bicyclic) bond motifs is 1. The minimum atomic E-state index is 0.206. The number of para-hydroxylation sites is 1. The van der Waals surface area contributed by atoms with Crippen LogP contribution in [0.4, 0.5) is 5.82 Å². The maximum atomic E-state index is 5.94. The second kappa shape index (κ2) is 8.03. The third kappa shape index (κ3) is 3.67. The highest BCUT2D eigenvalue weighted by atomic mass is 16.5. The summed E-state index contributed by atoms with van der Waals surface area (Å²) in [5, 5.41) is 5.44. The van der Waals surface area contributed by atoms with E-state index in [-0.39, 0.29) is 6.61 Å². The van der Waals surface area contributed by atoms with E-state index in [0.717, 1.165) is 35.5 Å². The molecule has 152 valence electrons. The molecule has 1 aliphatic heterocycles. The molecular formula is C21H21N7O2. The number of rotatable bonds is 5. The van der Waals surface area contributed by atoms with Crippen LogP contribution in [0.2, 0.25) is 0 Å². The summed E-state index contributed by atoms with van der Waals surface area (Å²) in [6.07, 6.45) is 1.72. The predicted molar refractivity (Wildman–Crippen MR) is 111 cm³/mol. The molecule has 1 aromatic carbocycles. The van der Waals surface area contributed by atoms with Crippen molar-refractivity contribution in [1.82, 2.24) is 29.7 Å². The minimum Gasteiger partial charge on any atom is -0.455 e. The van der Waals surface area contributed by atoms with E-state index >= 15 is 0 Å². The SMILES string of the molecule is Cn1nc(-c2ccccn2)nc1COc1nc(N2CCOCC2)c2ccccc2n1. The monoisotopic (exact) mass is 403 g/mol. The molecule has 0 N–H and O–H groups in total. The van der Waals surface area contributed by atoms with Gasteiger partial charge in [-0.3, -0.25) is 4.98 Å². The molecule has 0 unspecified atom stereocenters. The normalized spacial score (nSPS) is 14.2. The van der Waals surface area contributed by atoms with Gasteiger partial charge in [0, 0.05) is 31.7 Å². The second-order valence-electron chi connectivity index (χ2n) is 6.93. The van der Waals surface area contributed by atoms with Crippen LogP contribution in [0.15, 0.2) is 48.7 Å². The summed E-state index contributed by atoms with van der Waals surface area (Å²) in [6.45, 7) is 3.15. The van der Waals surface area contributed by atoms with Gasteiger partial charge in [0.05, 0.1) is 18.7 Å². The van der Waals surface area contributed by atoms with E-state index in [1.165, 1.54) is 0 Å². The summed E-state index contributed by atoms with van der Waals surface area (Å²) < 4.78 is 13.1.